The third-order valence-corrected chi connectivity index (χ3v) is 8.14. The minimum atomic E-state index is -3.43. The van der Waals surface area contributed by atoms with Crippen molar-refractivity contribution in [2.24, 2.45) is 11.8 Å². The number of sulfonamides is 1. The maximum Gasteiger partial charge on any atom is 0.253 e. The topological polar surface area (TPSA) is 49.4 Å². The van der Waals surface area contributed by atoms with Gasteiger partial charge in [0.2, 0.25) is 0 Å². The summed E-state index contributed by atoms with van der Waals surface area (Å²) in [4.78, 5) is 0. The largest absolute Gasteiger partial charge is 0.316 e. The molecule has 0 amide bonds. The van der Waals surface area contributed by atoms with Crippen molar-refractivity contribution < 1.29 is 8.42 Å². The maximum absolute atomic E-state index is 12.8. The van der Waals surface area contributed by atoms with Crippen LogP contribution in [0.2, 0.25) is 4.34 Å². The van der Waals surface area contributed by atoms with E-state index >= 15 is 0 Å². The van der Waals surface area contributed by atoms with E-state index in [2.05, 4.69) is 5.32 Å². The summed E-state index contributed by atoms with van der Waals surface area (Å²) >= 11 is 7.00. The van der Waals surface area contributed by atoms with Crippen LogP contribution in [0.5, 0.6) is 0 Å². The van der Waals surface area contributed by atoms with E-state index in [1.54, 1.807) is 16.4 Å². The number of thiophene rings is 1. The molecule has 4 nitrogen and oxygen atoms in total. The Kier molecular flexibility index (Phi) is 3.22. The predicted octanol–water partition coefficient (Wildman–Crippen LogP) is 2.02. The average molecular weight is 321 g/mol. The van der Waals surface area contributed by atoms with E-state index < -0.39 is 10.0 Å². The zero-order valence-electron chi connectivity index (χ0n) is 10.9. The minimum Gasteiger partial charge on any atom is -0.316 e. The molecule has 0 spiro atoms. The lowest BCUT2D eigenvalue weighted by atomic mass is 9.85. The summed E-state index contributed by atoms with van der Waals surface area (Å²) in [6.45, 7) is 6.46. The summed E-state index contributed by atoms with van der Waals surface area (Å²) in [5.41, 5.74) is -0.344. The van der Waals surface area contributed by atoms with Gasteiger partial charge in [0.15, 0.2) is 0 Å². The number of hydrogen-bond donors (Lipinski definition) is 1. The molecule has 2 saturated heterocycles. The van der Waals surface area contributed by atoms with Gasteiger partial charge in [0.1, 0.15) is 4.21 Å². The molecule has 2 fully saturated rings. The quantitative estimate of drug-likeness (QED) is 0.907. The first-order valence-electron chi connectivity index (χ1n) is 6.32. The van der Waals surface area contributed by atoms with Crippen LogP contribution >= 0.6 is 22.9 Å². The highest BCUT2D eigenvalue weighted by Gasteiger charge is 2.54. The Morgan fingerprint density at radius 1 is 1.42 bits per heavy atom. The Morgan fingerprint density at radius 2 is 2.16 bits per heavy atom. The average Bonchev–Trinajstić information content (AvgIpc) is 2.97. The molecule has 2 aliphatic rings. The van der Waals surface area contributed by atoms with E-state index in [9.17, 15) is 8.42 Å². The first-order valence-corrected chi connectivity index (χ1v) is 8.96. The molecule has 2 aliphatic heterocycles. The molecule has 106 valence electrons. The molecule has 0 saturated carbocycles. The van der Waals surface area contributed by atoms with Crippen LogP contribution in [0.4, 0.5) is 0 Å². The number of rotatable bonds is 2. The third kappa shape index (κ3) is 2.05. The molecule has 0 radical (unpaired) electrons. The highest BCUT2D eigenvalue weighted by molar-refractivity contribution is 7.91. The number of hydrogen-bond acceptors (Lipinski definition) is 4. The zero-order valence-corrected chi connectivity index (χ0v) is 13.3. The Hall–Kier alpha value is -0.140. The number of halogens is 1. The van der Waals surface area contributed by atoms with Crippen molar-refractivity contribution in [3.63, 3.8) is 0 Å². The summed E-state index contributed by atoms with van der Waals surface area (Å²) in [6.07, 6.45) is 0. The lowest BCUT2D eigenvalue weighted by Gasteiger charge is -2.34. The van der Waals surface area contributed by atoms with Gasteiger partial charge >= 0.3 is 0 Å². The summed E-state index contributed by atoms with van der Waals surface area (Å²) in [5.74, 6) is 0.804. The number of nitrogens with zero attached hydrogens (tertiary/aromatic N) is 1. The van der Waals surface area contributed by atoms with Crippen LogP contribution in [0, 0.1) is 11.8 Å². The van der Waals surface area contributed by atoms with Gasteiger partial charge in [0, 0.05) is 18.6 Å². The second-order valence-corrected chi connectivity index (χ2v) is 9.58. The third-order valence-electron chi connectivity index (χ3n) is 4.38. The number of nitrogens with one attached hydrogen (secondary N) is 1. The molecular formula is C12H17ClN2O2S2. The highest BCUT2D eigenvalue weighted by Crippen LogP contribution is 2.44. The van der Waals surface area contributed by atoms with Crippen LogP contribution in [-0.4, -0.2) is 37.9 Å². The molecule has 2 atom stereocenters. The van der Waals surface area contributed by atoms with E-state index in [1.807, 2.05) is 13.8 Å². The van der Waals surface area contributed by atoms with Gasteiger partial charge in [-0.05, 0) is 44.4 Å². The van der Waals surface area contributed by atoms with E-state index in [1.165, 1.54) is 0 Å². The second-order valence-electron chi connectivity index (χ2n) is 5.77. The summed E-state index contributed by atoms with van der Waals surface area (Å²) in [5, 5.41) is 3.36. The molecule has 7 heteroatoms. The van der Waals surface area contributed by atoms with Gasteiger partial charge in [-0.3, -0.25) is 0 Å². The standard InChI is InChI=1S/C12H17ClN2O2S2/c1-12(2)9-6-14-5-8(9)7-15(12)19(16,17)11-4-3-10(13)18-11/h3-4,8-9,14H,5-7H2,1-2H3. The van der Waals surface area contributed by atoms with Gasteiger partial charge in [-0.2, -0.15) is 4.31 Å². The van der Waals surface area contributed by atoms with Crippen molar-refractivity contribution in [3.8, 4) is 0 Å². The molecule has 1 aromatic rings. The van der Waals surface area contributed by atoms with E-state index in [0.717, 1.165) is 24.4 Å². The fraction of sp³-hybridized carbons (Fsp3) is 0.667. The van der Waals surface area contributed by atoms with Crippen LogP contribution in [0.25, 0.3) is 0 Å². The molecule has 0 aliphatic carbocycles. The van der Waals surface area contributed by atoms with Gasteiger partial charge in [-0.25, -0.2) is 8.42 Å². The molecule has 3 heterocycles. The second kappa shape index (κ2) is 4.43. The maximum atomic E-state index is 12.8. The number of fused-ring (bicyclic) bond motifs is 1. The lowest BCUT2D eigenvalue weighted by molar-refractivity contribution is 0.233. The van der Waals surface area contributed by atoms with Crippen molar-refractivity contribution in [3.05, 3.63) is 16.5 Å². The predicted molar refractivity (Wildman–Crippen MR) is 77.1 cm³/mol. The molecule has 0 aromatic carbocycles. The van der Waals surface area contributed by atoms with Gasteiger partial charge in [-0.15, -0.1) is 11.3 Å². The van der Waals surface area contributed by atoms with Gasteiger partial charge in [-0.1, -0.05) is 11.6 Å². The summed E-state index contributed by atoms with van der Waals surface area (Å²) in [7, 11) is -3.43. The Labute approximate surface area is 122 Å². The monoisotopic (exact) mass is 320 g/mol. The fourth-order valence-corrected chi connectivity index (χ4v) is 6.81. The Morgan fingerprint density at radius 3 is 2.74 bits per heavy atom. The van der Waals surface area contributed by atoms with Gasteiger partial charge in [0.25, 0.3) is 10.0 Å². The summed E-state index contributed by atoms with van der Waals surface area (Å²) < 4.78 is 28.0. The van der Waals surface area contributed by atoms with Crippen molar-refractivity contribution in [2.45, 2.75) is 23.6 Å². The SMILES string of the molecule is CC1(C)C2CNCC2CN1S(=O)(=O)c1ccc(Cl)s1. The smallest absolute Gasteiger partial charge is 0.253 e. The fourth-order valence-electron chi connectivity index (χ4n) is 3.34. The molecule has 1 aromatic heterocycles. The zero-order chi connectivity index (χ0) is 13.8. The van der Waals surface area contributed by atoms with Crippen LogP contribution in [0.1, 0.15) is 13.8 Å². The molecule has 0 bridgehead atoms. The molecule has 2 unspecified atom stereocenters. The molecule has 19 heavy (non-hydrogen) atoms. The van der Waals surface area contributed by atoms with Crippen LogP contribution in [-0.2, 0) is 10.0 Å². The summed E-state index contributed by atoms with van der Waals surface area (Å²) in [6, 6.07) is 3.25. The van der Waals surface area contributed by atoms with Gasteiger partial charge in [0.05, 0.1) is 4.34 Å². The van der Waals surface area contributed by atoms with E-state index in [0.29, 0.717) is 26.9 Å². The highest BCUT2D eigenvalue weighted by atomic mass is 35.5. The first kappa shape index (κ1) is 13.8. The van der Waals surface area contributed by atoms with Crippen molar-refractivity contribution in [1.82, 2.24) is 9.62 Å². The van der Waals surface area contributed by atoms with Crippen LogP contribution in [0.3, 0.4) is 0 Å². The molecule has 3 rings (SSSR count). The van der Waals surface area contributed by atoms with Crippen LogP contribution < -0.4 is 5.32 Å². The lowest BCUT2D eigenvalue weighted by Crippen LogP contribution is -2.47. The van der Waals surface area contributed by atoms with Crippen molar-refractivity contribution in [1.29, 1.82) is 0 Å². The molecule has 1 N–H and O–H groups in total. The first-order chi connectivity index (χ1) is 8.83. The minimum absolute atomic E-state index is 0.344. The van der Waals surface area contributed by atoms with E-state index in [4.69, 9.17) is 11.6 Å². The van der Waals surface area contributed by atoms with Crippen LogP contribution in [0.15, 0.2) is 16.3 Å². The van der Waals surface area contributed by atoms with E-state index in [-0.39, 0.29) is 5.54 Å². The normalized spacial score (nSPS) is 30.7. The van der Waals surface area contributed by atoms with Gasteiger partial charge < -0.3 is 5.32 Å². The Balaban J connectivity index is 1.98. The van der Waals surface area contributed by atoms with Crippen molar-refractivity contribution >= 4 is 33.0 Å². The Bertz CT molecular complexity index is 597. The van der Waals surface area contributed by atoms with Crippen molar-refractivity contribution in [2.75, 3.05) is 19.6 Å². The molecular weight excluding hydrogens is 304 g/mol.